The van der Waals surface area contributed by atoms with Gasteiger partial charge in [0.25, 0.3) is 0 Å². The van der Waals surface area contributed by atoms with E-state index in [0.717, 1.165) is 39.4 Å². The van der Waals surface area contributed by atoms with Crippen LogP contribution in [0.1, 0.15) is 11.6 Å². The molecule has 0 atom stereocenters. The number of rotatable bonds is 9. The second-order valence-electron chi connectivity index (χ2n) is 8.02. The third-order valence-electron chi connectivity index (χ3n) is 5.88. The quantitative estimate of drug-likeness (QED) is 0.269. The van der Waals surface area contributed by atoms with Crippen LogP contribution in [0.25, 0.3) is 22.1 Å². The second-order valence-corrected chi connectivity index (χ2v) is 8.02. The summed E-state index contributed by atoms with van der Waals surface area (Å²) in [6, 6.07) is 27.0. The summed E-state index contributed by atoms with van der Waals surface area (Å²) in [6.07, 6.45) is 3.85. The summed E-state index contributed by atoms with van der Waals surface area (Å²) in [6.45, 7) is 10.7. The number of benzene rings is 3. The molecule has 5 aromatic rings. The number of imidazole rings is 2. The van der Waals surface area contributed by atoms with E-state index in [1.54, 1.807) is 0 Å². The summed E-state index contributed by atoms with van der Waals surface area (Å²) in [7, 11) is 0. The van der Waals surface area contributed by atoms with Crippen LogP contribution in [0.4, 0.5) is 5.69 Å². The maximum atomic E-state index is 4.97. The molecule has 2 heterocycles. The molecule has 0 bridgehead atoms. The van der Waals surface area contributed by atoms with Gasteiger partial charge in [-0.15, -0.1) is 13.2 Å². The van der Waals surface area contributed by atoms with Crippen molar-refractivity contribution in [3.8, 4) is 0 Å². The molecule has 0 aliphatic rings. The van der Waals surface area contributed by atoms with Crippen molar-refractivity contribution in [1.82, 2.24) is 19.1 Å². The molecule has 0 aliphatic heterocycles. The van der Waals surface area contributed by atoms with Crippen molar-refractivity contribution >= 4 is 27.8 Å². The van der Waals surface area contributed by atoms with Crippen molar-refractivity contribution in [3.05, 3.63) is 116 Å². The normalized spacial score (nSPS) is 11.2. The van der Waals surface area contributed by atoms with Crippen LogP contribution in [-0.4, -0.2) is 19.1 Å². The lowest BCUT2D eigenvalue weighted by molar-refractivity contribution is 0.662. The number of para-hydroxylation sites is 5. The summed E-state index contributed by atoms with van der Waals surface area (Å²) in [5.74, 6) is 2.01. The highest BCUT2D eigenvalue weighted by molar-refractivity contribution is 5.77. The minimum atomic E-state index is 0.657. The standard InChI is InChI=1S/C28H27N5/c1-3-18-32-25-16-10-8-14-23(25)29-27(32)20-31(22-12-6-5-7-13-22)21-28-30-24-15-9-11-17-26(24)33(28)19-4-2/h3-17H,1-2,18-21H2. The number of nitrogens with zero attached hydrogens (tertiary/aromatic N) is 5. The predicted molar refractivity (Wildman–Crippen MR) is 136 cm³/mol. The van der Waals surface area contributed by atoms with Crippen molar-refractivity contribution < 1.29 is 0 Å². The highest BCUT2D eigenvalue weighted by Gasteiger charge is 2.18. The van der Waals surface area contributed by atoms with Crippen LogP contribution in [0, 0.1) is 0 Å². The number of hydrogen-bond donors (Lipinski definition) is 0. The van der Waals surface area contributed by atoms with Gasteiger partial charge in [0.1, 0.15) is 11.6 Å². The number of hydrogen-bond acceptors (Lipinski definition) is 3. The van der Waals surface area contributed by atoms with E-state index in [4.69, 9.17) is 9.97 Å². The molecule has 0 N–H and O–H groups in total. The molecule has 0 spiro atoms. The number of fused-ring (bicyclic) bond motifs is 2. The lowest BCUT2D eigenvalue weighted by Gasteiger charge is -2.25. The first-order valence-electron chi connectivity index (χ1n) is 11.2. The molecule has 0 saturated carbocycles. The first-order chi connectivity index (χ1) is 16.3. The summed E-state index contributed by atoms with van der Waals surface area (Å²) >= 11 is 0. The Kier molecular flexibility index (Phi) is 5.77. The number of aromatic nitrogens is 4. The zero-order chi connectivity index (χ0) is 22.6. The van der Waals surface area contributed by atoms with Crippen LogP contribution < -0.4 is 4.90 Å². The van der Waals surface area contributed by atoms with Gasteiger partial charge in [0, 0.05) is 18.8 Å². The maximum absolute atomic E-state index is 4.97. The molecule has 0 amide bonds. The Balaban J connectivity index is 1.58. The summed E-state index contributed by atoms with van der Waals surface area (Å²) < 4.78 is 4.48. The molecule has 3 aromatic carbocycles. The molecule has 164 valence electrons. The van der Waals surface area contributed by atoms with Crippen LogP contribution in [0.3, 0.4) is 0 Å². The van der Waals surface area contributed by atoms with Crippen LogP contribution in [0.15, 0.2) is 104 Å². The van der Waals surface area contributed by atoms with Gasteiger partial charge >= 0.3 is 0 Å². The molecule has 0 aliphatic carbocycles. The third-order valence-corrected chi connectivity index (χ3v) is 5.88. The molecule has 0 radical (unpaired) electrons. The Bertz CT molecular complexity index is 1320. The van der Waals surface area contributed by atoms with E-state index >= 15 is 0 Å². The van der Waals surface area contributed by atoms with Gasteiger partial charge in [-0.2, -0.15) is 0 Å². The fraction of sp³-hybridized carbons (Fsp3) is 0.143. The molecule has 5 rings (SSSR count). The van der Waals surface area contributed by atoms with Gasteiger partial charge in [0.2, 0.25) is 0 Å². The lowest BCUT2D eigenvalue weighted by Crippen LogP contribution is -2.26. The van der Waals surface area contributed by atoms with Crippen LogP contribution in [0.5, 0.6) is 0 Å². The Hall–Kier alpha value is -4.12. The lowest BCUT2D eigenvalue weighted by atomic mass is 10.2. The van der Waals surface area contributed by atoms with Gasteiger partial charge in [-0.1, -0.05) is 54.6 Å². The van der Waals surface area contributed by atoms with Gasteiger partial charge in [0.05, 0.1) is 35.2 Å². The molecular formula is C28H27N5. The third kappa shape index (κ3) is 4.05. The SMILES string of the molecule is C=CCn1c(CN(Cc2nc3ccccc3n2CC=C)c2ccccc2)nc2ccccc21. The second kappa shape index (κ2) is 9.17. The monoisotopic (exact) mass is 433 g/mol. The van der Waals surface area contributed by atoms with E-state index in [1.165, 1.54) is 0 Å². The highest BCUT2D eigenvalue weighted by Crippen LogP contribution is 2.24. The molecule has 33 heavy (non-hydrogen) atoms. The minimum Gasteiger partial charge on any atom is -0.357 e. The van der Waals surface area contributed by atoms with Gasteiger partial charge in [-0.3, -0.25) is 0 Å². The number of allylic oxidation sites excluding steroid dienone is 2. The van der Waals surface area contributed by atoms with E-state index in [2.05, 4.69) is 87.9 Å². The van der Waals surface area contributed by atoms with E-state index in [1.807, 2.05) is 30.4 Å². The van der Waals surface area contributed by atoms with Crippen LogP contribution in [0.2, 0.25) is 0 Å². The maximum Gasteiger partial charge on any atom is 0.129 e. The van der Waals surface area contributed by atoms with Crippen molar-refractivity contribution in [2.24, 2.45) is 0 Å². The first kappa shape index (κ1) is 20.8. The molecular weight excluding hydrogens is 406 g/mol. The topological polar surface area (TPSA) is 38.9 Å². The van der Waals surface area contributed by atoms with Gasteiger partial charge in [-0.05, 0) is 36.4 Å². The van der Waals surface area contributed by atoms with E-state index < -0.39 is 0 Å². The minimum absolute atomic E-state index is 0.657. The number of anilines is 1. The molecule has 5 nitrogen and oxygen atoms in total. The van der Waals surface area contributed by atoms with Crippen molar-refractivity contribution in [1.29, 1.82) is 0 Å². The van der Waals surface area contributed by atoms with Crippen molar-refractivity contribution in [3.63, 3.8) is 0 Å². The summed E-state index contributed by atoms with van der Waals surface area (Å²) in [5.41, 5.74) is 5.38. The fourth-order valence-electron chi connectivity index (χ4n) is 4.38. The smallest absolute Gasteiger partial charge is 0.129 e. The molecule has 5 heteroatoms. The zero-order valence-corrected chi connectivity index (χ0v) is 18.6. The van der Waals surface area contributed by atoms with E-state index in [-0.39, 0.29) is 0 Å². The molecule has 0 fully saturated rings. The zero-order valence-electron chi connectivity index (χ0n) is 18.6. The fourth-order valence-corrected chi connectivity index (χ4v) is 4.38. The Morgan fingerprint density at radius 2 is 1.09 bits per heavy atom. The molecule has 0 saturated heterocycles. The van der Waals surface area contributed by atoms with E-state index in [0.29, 0.717) is 26.2 Å². The highest BCUT2D eigenvalue weighted by atomic mass is 15.2. The van der Waals surface area contributed by atoms with Crippen molar-refractivity contribution in [2.75, 3.05) is 4.90 Å². The van der Waals surface area contributed by atoms with Gasteiger partial charge in [-0.25, -0.2) is 9.97 Å². The largest absolute Gasteiger partial charge is 0.357 e. The predicted octanol–water partition coefficient (Wildman–Crippen LogP) is 5.96. The van der Waals surface area contributed by atoms with Crippen LogP contribution >= 0.6 is 0 Å². The van der Waals surface area contributed by atoms with Gasteiger partial charge in [0.15, 0.2) is 0 Å². The average molecular weight is 434 g/mol. The Labute approximate surface area is 193 Å². The Morgan fingerprint density at radius 1 is 0.636 bits per heavy atom. The van der Waals surface area contributed by atoms with Gasteiger partial charge < -0.3 is 14.0 Å². The Morgan fingerprint density at radius 3 is 1.58 bits per heavy atom. The van der Waals surface area contributed by atoms with Crippen LogP contribution in [-0.2, 0) is 26.2 Å². The summed E-state index contributed by atoms with van der Waals surface area (Å²) in [5, 5.41) is 0. The van der Waals surface area contributed by atoms with Crippen molar-refractivity contribution in [2.45, 2.75) is 26.2 Å². The van der Waals surface area contributed by atoms with E-state index in [9.17, 15) is 0 Å². The molecule has 2 aromatic heterocycles. The first-order valence-corrected chi connectivity index (χ1v) is 11.2. The summed E-state index contributed by atoms with van der Waals surface area (Å²) in [4.78, 5) is 12.3. The average Bonchev–Trinajstić information content (AvgIpc) is 3.38. The molecule has 0 unspecified atom stereocenters.